The highest BCUT2D eigenvalue weighted by Crippen LogP contribution is 2.38. The van der Waals surface area contributed by atoms with Crippen molar-refractivity contribution in [2.24, 2.45) is 5.92 Å². The number of aromatic amines is 1. The highest BCUT2D eigenvalue weighted by Gasteiger charge is 2.36. The SMILES string of the molecule is O=c1[nH]c(NC2CCOC(C3CC3)C2)nc2c1cnn2-c1ccccc1. The van der Waals surface area contributed by atoms with E-state index in [2.05, 4.69) is 20.4 Å². The minimum absolute atomic E-state index is 0.175. The number of hydrogen-bond donors (Lipinski definition) is 2. The first-order chi connectivity index (χ1) is 12.8. The largest absolute Gasteiger partial charge is 0.378 e. The normalized spacial score (nSPS) is 23.2. The molecule has 0 amide bonds. The van der Waals surface area contributed by atoms with Gasteiger partial charge in [0.2, 0.25) is 5.95 Å². The van der Waals surface area contributed by atoms with Crippen molar-refractivity contribution in [2.45, 2.75) is 37.8 Å². The molecule has 1 aromatic carbocycles. The van der Waals surface area contributed by atoms with Crippen molar-refractivity contribution in [3.05, 3.63) is 46.9 Å². The average molecular weight is 351 g/mol. The van der Waals surface area contributed by atoms with E-state index in [1.54, 1.807) is 10.9 Å². The Morgan fingerprint density at radius 2 is 2.04 bits per heavy atom. The molecule has 0 bridgehead atoms. The summed E-state index contributed by atoms with van der Waals surface area (Å²) in [4.78, 5) is 19.9. The molecule has 7 heteroatoms. The van der Waals surface area contributed by atoms with Crippen LogP contribution in [0.3, 0.4) is 0 Å². The molecule has 0 spiro atoms. The van der Waals surface area contributed by atoms with Crippen LogP contribution >= 0.6 is 0 Å². The smallest absolute Gasteiger partial charge is 0.263 e. The van der Waals surface area contributed by atoms with Crippen LogP contribution in [-0.4, -0.2) is 38.5 Å². The molecule has 7 nitrogen and oxygen atoms in total. The van der Waals surface area contributed by atoms with Crippen molar-refractivity contribution in [3.8, 4) is 5.69 Å². The van der Waals surface area contributed by atoms with E-state index in [1.165, 1.54) is 12.8 Å². The van der Waals surface area contributed by atoms with Gasteiger partial charge in [-0.1, -0.05) is 18.2 Å². The summed E-state index contributed by atoms with van der Waals surface area (Å²) in [6, 6.07) is 9.99. The van der Waals surface area contributed by atoms with Gasteiger partial charge in [-0.15, -0.1) is 0 Å². The van der Waals surface area contributed by atoms with Crippen LogP contribution < -0.4 is 10.9 Å². The predicted molar refractivity (Wildman–Crippen MR) is 98.6 cm³/mol. The Morgan fingerprint density at radius 1 is 1.19 bits per heavy atom. The molecule has 2 aliphatic rings. The highest BCUT2D eigenvalue weighted by atomic mass is 16.5. The van der Waals surface area contributed by atoms with Crippen LogP contribution in [0.25, 0.3) is 16.7 Å². The van der Waals surface area contributed by atoms with Crippen molar-refractivity contribution in [1.82, 2.24) is 19.7 Å². The molecule has 2 atom stereocenters. The van der Waals surface area contributed by atoms with Gasteiger partial charge in [-0.05, 0) is 43.7 Å². The first-order valence-corrected chi connectivity index (χ1v) is 9.19. The first-order valence-electron chi connectivity index (χ1n) is 9.19. The fourth-order valence-electron chi connectivity index (χ4n) is 3.69. The number of para-hydroxylation sites is 1. The first kappa shape index (κ1) is 15.6. The molecule has 1 saturated heterocycles. The van der Waals surface area contributed by atoms with Crippen molar-refractivity contribution in [2.75, 3.05) is 11.9 Å². The van der Waals surface area contributed by atoms with Crippen LogP contribution in [0.5, 0.6) is 0 Å². The molecule has 2 fully saturated rings. The summed E-state index contributed by atoms with van der Waals surface area (Å²) < 4.78 is 7.58. The quantitative estimate of drug-likeness (QED) is 0.754. The van der Waals surface area contributed by atoms with Crippen molar-refractivity contribution >= 4 is 17.0 Å². The van der Waals surface area contributed by atoms with E-state index >= 15 is 0 Å². The lowest BCUT2D eigenvalue weighted by molar-refractivity contribution is -0.00228. The Bertz CT molecular complexity index is 977. The molecule has 3 heterocycles. The Morgan fingerprint density at radius 3 is 2.85 bits per heavy atom. The molecule has 2 aromatic heterocycles. The molecule has 134 valence electrons. The summed E-state index contributed by atoms with van der Waals surface area (Å²) in [6.45, 7) is 0.757. The van der Waals surface area contributed by atoms with E-state index in [4.69, 9.17) is 4.74 Å². The zero-order valence-electron chi connectivity index (χ0n) is 14.4. The van der Waals surface area contributed by atoms with Crippen LogP contribution in [0, 0.1) is 5.92 Å². The number of hydrogen-bond acceptors (Lipinski definition) is 5. The van der Waals surface area contributed by atoms with Gasteiger partial charge in [0, 0.05) is 12.6 Å². The van der Waals surface area contributed by atoms with Gasteiger partial charge in [0.1, 0.15) is 5.39 Å². The van der Waals surface area contributed by atoms with Gasteiger partial charge in [0.05, 0.1) is 18.0 Å². The fourth-order valence-corrected chi connectivity index (χ4v) is 3.69. The monoisotopic (exact) mass is 351 g/mol. The molecular formula is C19H21N5O2. The number of fused-ring (bicyclic) bond motifs is 1. The van der Waals surface area contributed by atoms with E-state index in [9.17, 15) is 4.79 Å². The third-order valence-corrected chi connectivity index (χ3v) is 5.24. The van der Waals surface area contributed by atoms with Gasteiger partial charge in [0.25, 0.3) is 5.56 Å². The Labute approximate surface area is 150 Å². The van der Waals surface area contributed by atoms with Gasteiger partial charge in [-0.2, -0.15) is 10.1 Å². The third-order valence-electron chi connectivity index (χ3n) is 5.24. The molecule has 5 rings (SSSR count). The van der Waals surface area contributed by atoms with Crippen LogP contribution in [-0.2, 0) is 4.74 Å². The molecule has 3 aromatic rings. The lowest BCUT2D eigenvalue weighted by atomic mass is 10.0. The highest BCUT2D eigenvalue weighted by molar-refractivity contribution is 5.76. The van der Waals surface area contributed by atoms with Crippen molar-refractivity contribution in [1.29, 1.82) is 0 Å². The number of rotatable bonds is 4. The van der Waals surface area contributed by atoms with Gasteiger partial charge in [-0.3, -0.25) is 9.78 Å². The Hall–Kier alpha value is -2.67. The predicted octanol–water partition coefficient (Wildman–Crippen LogP) is 2.48. The summed E-state index contributed by atoms with van der Waals surface area (Å²) >= 11 is 0. The third kappa shape index (κ3) is 2.88. The maximum atomic E-state index is 12.5. The number of nitrogens with one attached hydrogen (secondary N) is 2. The number of H-pyrrole nitrogens is 1. The minimum atomic E-state index is -0.175. The maximum Gasteiger partial charge on any atom is 0.263 e. The zero-order chi connectivity index (χ0) is 17.5. The second kappa shape index (κ2) is 6.25. The van der Waals surface area contributed by atoms with Gasteiger partial charge in [0.15, 0.2) is 5.65 Å². The van der Waals surface area contributed by atoms with Crippen LogP contribution in [0.15, 0.2) is 41.3 Å². The van der Waals surface area contributed by atoms with E-state index in [0.717, 1.165) is 25.1 Å². The van der Waals surface area contributed by atoms with E-state index < -0.39 is 0 Å². The topological polar surface area (TPSA) is 84.8 Å². The fraction of sp³-hybridized carbons (Fsp3) is 0.421. The maximum absolute atomic E-state index is 12.5. The number of nitrogens with zero attached hydrogens (tertiary/aromatic N) is 3. The van der Waals surface area contributed by atoms with E-state index in [-0.39, 0.29) is 11.6 Å². The summed E-state index contributed by atoms with van der Waals surface area (Å²) in [5.74, 6) is 1.22. The number of aromatic nitrogens is 4. The lowest BCUT2D eigenvalue weighted by Gasteiger charge is -2.30. The summed E-state index contributed by atoms with van der Waals surface area (Å²) in [5.41, 5.74) is 1.27. The Kier molecular flexibility index (Phi) is 3.74. The van der Waals surface area contributed by atoms with Gasteiger partial charge >= 0.3 is 0 Å². The molecule has 1 aliphatic heterocycles. The molecule has 1 aliphatic carbocycles. The second-order valence-corrected chi connectivity index (χ2v) is 7.16. The molecule has 26 heavy (non-hydrogen) atoms. The zero-order valence-corrected chi connectivity index (χ0v) is 14.4. The molecule has 2 N–H and O–H groups in total. The average Bonchev–Trinajstić information content (AvgIpc) is 3.43. The van der Waals surface area contributed by atoms with Crippen LogP contribution in [0.1, 0.15) is 25.7 Å². The van der Waals surface area contributed by atoms with E-state index in [1.807, 2.05) is 30.3 Å². The number of benzene rings is 1. The second-order valence-electron chi connectivity index (χ2n) is 7.16. The van der Waals surface area contributed by atoms with Crippen molar-refractivity contribution in [3.63, 3.8) is 0 Å². The van der Waals surface area contributed by atoms with Gasteiger partial charge in [-0.25, -0.2) is 4.68 Å². The standard InChI is InChI=1S/C19H21N5O2/c25-18-15-11-20-24(14-4-2-1-3-5-14)17(15)22-19(23-18)21-13-8-9-26-16(10-13)12-6-7-12/h1-5,11-13,16H,6-10H2,(H2,21,22,23,25). The van der Waals surface area contributed by atoms with Crippen LogP contribution in [0.4, 0.5) is 5.95 Å². The van der Waals surface area contributed by atoms with Gasteiger partial charge < -0.3 is 10.1 Å². The summed E-state index contributed by atoms with van der Waals surface area (Å²) in [7, 11) is 0. The molecule has 0 radical (unpaired) electrons. The Balaban J connectivity index is 1.45. The summed E-state index contributed by atoms with van der Waals surface area (Å²) in [5, 5.41) is 8.24. The minimum Gasteiger partial charge on any atom is -0.378 e. The molecule has 1 saturated carbocycles. The van der Waals surface area contributed by atoms with Crippen LogP contribution in [0.2, 0.25) is 0 Å². The number of ether oxygens (including phenoxy) is 1. The molecule has 2 unspecified atom stereocenters. The lowest BCUT2D eigenvalue weighted by Crippen LogP contribution is -2.36. The van der Waals surface area contributed by atoms with Crippen molar-refractivity contribution < 1.29 is 4.74 Å². The molecular weight excluding hydrogens is 330 g/mol. The summed E-state index contributed by atoms with van der Waals surface area (Å²) in [6.07, 6.45) is 6.33. The van der Waals surface area contributed by atoms with E-state index in [0.29, 0.717) is 29.0 Å². The number of anilines is 1.